The lowest BCUT2D eigenvalue weighted by atomic mass is 9.95. The second-order valence-electron chi connectivity index (χ2n) is 7.62. The maximum atomic E-state index is 13.2. The predicted octanol–water partition coefficient (Wildman–Crippen LogP) is 5.42. The number of carbonyl (C=O) groups is 3. The van der Waals surface area contributed by atoms with Gasteiger partial charge in [0, 0.05) is 18.2 Å². The van der Waals surface area contributed by atoms with Crippen molar-refractivity contribution in [3.05, 3.63) is 99.0 Å². The summed E-state index contributed by atoms with van der Waals surface area (Å²) in [6.07, 6.45) is 0. The van der Waals surface area contributed by atoms with E-state index in [4.69, 9.17) is 33.2 Å². The van der Waals surface area contributed by atoms with E-state index < -0.39 is 29.5 Å². The Bertz CT molecular complexity index is 1440. The quantitative estimate of drug-likeness (QED) is 0.166. The predicted molar refractivity (Wildman–Crippen MR) is 130 cm³/mol. The number of aliphatic hydroxyl groups excluding tert-OH is 1. The van der Waals surface area contributed by atoms with Gasteiger partial charge in [-0.15, -0.1) is 0 Å². The Balaban J connectivity index is 1.94. The largest absolute Gasteiger partial charge is 0.507 e. The number of esters is 1. The SMILES string of the molecule is CC(=O)Oc1cccc(C2/C(=C(/O)c3ccc(Cl)c(Cl)c3)C(=O)C(=O)N2c2ccc(C#N)cc2)c1. The Morgan fingerprint density at radius 3 is 2.37 bits per heavy atom. The van der Waals surface area contributed by atoms with Crippen molar-refractivity contribution >= 4 is 52.3 Å². The molecule has 0 saturated carbocycles. The summed E-state index contributed by atoms with van der Waals surface area (Å²) in [5, 5.41) is 20.7. The zero-order valence-electron chi connectivity index (χ0n) is 18.2. The highest BCUT2D eigenvalue weighted by molar-refractivity contribution is 6.51. The standard InChI is InChI=1S/C26H16Cl2N2O5/c1-14(31)35-19-4-2-3-16(11-19)23-22(24(32)17-7-10-20(27)21(28)12-17)25(33)26(34)30(23)18-8-5-15(13-29)6-9-18/h2-12,23,32H,1H3/b24-22-. The molecule has 35 heavy (non-hydrogen) atoms. The lowest BCUT2D eigenvalue weighted by Gasteiger charge is -2.25. The number of benzene rings is 3. The summed E-state index contributed by atoms with van der Waals surface area (Å²) in [6.45, 7) is 1.25. The fraction of sp³-hybridized carbons (Fsp3) is 0.0769. The Morgan fingerprint density at radius 2 is 1.74 bits per heavy atom. The number of rotatable bonds is 4. The first-order valence-electron chi connectivity index (χ1n) is 10.3. The van der Waals surface area contributed by atoms with E-state index in [-0.39, 0.29) is 26.9 Å². The zero-order chi connectivity index (χ0) is 25.3. The molecule has 1 heterocycles. The van der Waals surface area contributed by atoms with E-state index in [1.807, 2.05) is 6.07 Å². The van der Waals surface area contributed by atoms with Crippen LogP contribution in [0.1, 0.15) is 29.7 Å². The molecule has 7 nitrogen and oxygen atoms in total. The molecule has 174 valence electrons. The van der Waals surface area contributed by atoms with E-state index in [0.29, 0.717) is 16.8 Å². The van der Waals surface area contributed by atoms with E-state index in [0.717, 1.165) is 0 Å². The third-order valence-electron chi connectivity index (χ3n) is 5.35. The van der Waals surface area contributed by atoms with Gasteiger partial charge in [0.15, 0.2) is 0 Å². The maximum Gasteiger partial charge on any atom is 0.308 e. The molecule has 0 aliphatic carbocycles. The van der Waals surface area contributed by atoms with Gasteiger partial charge in [-0.1, -0.05) is 35.3 Å². The molecule has 0 bridgehead atoms. The summed E-state index contributed by atoms with van der Waals surface area (Å²) in [6, 6.07) is 17.7. The number of nitriles is 1. The molecule has 3 aromatic rings. The van der Waals surface area contributed by atoms with Crippen LogP contribution in [0.2, 0.25) is 10.0 Å². The van der Waals surface area contributed by atoms with Crippen molar-refractivity contribution in [3.8, 4) is 11.8 Å². The Morgan fingerprint density at radius 1 is 1.03 bits per heavy atom. The number of nitrogens with zero attached hydrogens (tertiary/aromatic N) is 2. The van der Waals surface area contributed by atoms with Crippen LogP contribution in [0.5, 0.6) is 5.75 Å². The number of hydrogen-bond acceptors (Lipinski definition) is 6. The lowest BCUT2D eigenvalue weighted by Crippen LogP contribution is -2.29. The molecule has 9 heteroatoms. The highest BCUT2D eigenvalue weighted by atomic mass is 35.5. The first-order chi connectivity index (χ1) is 16.7. The molecule has 1 amide bonds. The summed E-state index contributed by atoms with van der Waals surface area (Å²) < 4.78 is 5.17. The third-order valence-corrected chi connectivity index (χ3v) is 6.09. The summed E-state index contributed by atoms with van der Waals surface area (Å²) in [5.74, 6) is -2.57. The van der Waals surface area contributed by atoms with Crippen molar-refractivity contribution in [1.82, 2.24) is 0 Å². The number of halogens is 2. The van der Waals surface area contributed by atoms with Crippen LogP contribution in [-0.4, -0.2) is 22.8 Å². The van der Waals surface area contributed by atoms with E-state index in [9.17, 15) is 19.5 Å². The van der Waals surface area contributed by atoms with Gasteiger partial charge in [0.25, 0.3) is 11.7 Å². The fourth-order valence-electron chi connectivity index (χ4n) is 3.82. The highest BCUT2D eigenvalue weighted by Crippen LogP contribution is 2.43. The third kappa shape index (κ3) is 4.62. The Hall–Kier alpha value is -4.12. The second-order valence-corrected chi connectivity index (χ2v) is 8.44. The first-order valence-corrected chi connectivity index (χ1v) is 11.0. The average molecular weight is 507 g/mol. The van der Waals surface area contributed by atoms with Gasteiger partial charge in [-0.2, -0.15) is 5.26 Å². The van der Waals surface area contributed by atoms with Crippen LogP contribution in [0.4, 0.5) is 5.69 Å². The number of anilines is 1. The van der Waals surface area contributed by atoms with Crippen LogP contribution in [0.15, 0.2) is 72.3 Å². The normalized spacial score (nSPS) is 16.7. The minimum Gasteiger partial charge on any atom is -0.507 e. The Labute approximate surface area is 210 Å². The van der Waals surface area contributed by atoms with Gasteiger partial charge < -0.3 is 9.84 Å². The molecule has 0 aromatic heterocycles. The zero-order valence-corrected chi connectivity index (χ0v) is 19.7. The number of ether oxygens (including phenoxy) is 1. The van der Waals surface area contributed by atoms with E-state index in [1.54, 1.807) is 18.2 Å². The van der Waals surface area contributed by atoms with Gasteiger partial charge in [-0.25, -0.2) is 0 Å². The minimum absolute atomic E-state index is 0.158. The van der Waals surface area contributed by atoms with Gasteiger partial charge in [0.2, 0.25) is 0 Å². The molecule has 0 radical (unpaired) electrons. The highest BCUT2D eigenvalue weighted by Gasteiger charge is 2.47. The van der Waals surface area contributed by atoms with E-state index in [1.165, 1.54) is 60.4 Å². The Kier molecular flexibility index (Phi) is 6.61. The monoisotopic (exact) mass is 506 g/mol. The number of amides is 1. The summed E-state index contributed by atoms with van der Waals surface area (Å²) in [4.78, 5) is 39.1. The molecule has 1 N–H and O–H groups in total. The van der Waals surface area contributed by atoms with Crippen molar-refractivity contribution in [3.63, 3.8) is 0 Å². The second kappa shape index (κ2) is 9.63. The van der Waals surface area contributed by atoms with E-state index in [2.05, 4.69) is 0 Å². The molecule has 1 aliphatic heterocycles. The van der Waals surface area contributed by atoms with Gasteiger partial charge in [-0.05, 0) is 60.2 Å². The molecule has 1 atom stereocenters. The first kappa shape index (κ1) is 24.0. The molecule has 0 spiro atoms. The van der Waals surface area contributed by atoms with Crippen LogP contribution in [-0.2, 0) is 14.4 Å². The summed E-state index contributed by atoms with van der Waals surface area (Å²) in [7, 11) is 0. The molecule has 1 saturated heterocycles. The van der Waals surface area contributed by atoms with Crippen molar-refractivity contribution in [2.45, 2.75) is 13.0 Å². The van der Waals surface area contributed by atoms with Gasteiger partial charge in [0.1, 0.15) is 11.5 Å². The summed E-state index contributed by atoms with van der Waals surface area (Å²) >= 11 is 12.1. The van der Waals surface area contributed by atoms with Crippen LogP contribution >= 0.6 is 23.2 Å². The van der Waals surface area contributed by atoms with Crippen LogP contribution in [0, 0.1) is 11.3 Å². The molecule has 1 aliphatic rings. The number of carbonyl (C=O) groups excluding carboxylic acids is 3. The molecular weight excluding hydrogens is 491 g/mol. The minimum atomic E-state index is -1.06. The summed E-state index contributed by atoms with van der Waals surface area (Å²) in [5.41, 5.74) is 1.13. The molecule has 1 fully saturated rings. The number of hydrogen-bond donors (Lipinski definition) is 1. The van der Waals surface area contributed by atoms with Crippen LogP contribution in [0.3, 0.4) is 0 Å². The van der Waals surface area contributed by atoms with Crippen LogP contribution in [0.25, 0.3) is 5.76 Å². The fourth-order valence-corrected chi connectivity index (χ4v) is 4.12. The van der Waals surface area contributed by atoms with E-state index >= 15 is 0 Å². The van der Waals surface area contributed by atoms with Gasteiger partial charge >= 0.3 is 5.97 Å². The molecular formula is C26H16Cl2N2O5. The topological polar surface area (TPSA) is 108 Å². The van der Waals surface area contributed by atoms with Gasteiger partial charge in [0.05, 0.1) is 33.3 Å². The smallest absolute Gasteiger partial charge is 0.308 e. The van der Waals surface area contributed by atoms with Crippen molar-refractivity contribution < 1.29 is 24.2 Å². The van der Waals surface area contributed by atoms with Crippen molar-refractivity contribution in [2.24, 2.45) is 0 Å². The molecule has 1 unspecified atom stereocenters. The van der Waals surface area contributed by atoms with Gasteiger partial charge in [-0.3, -0.25) is 19.3 Å². The number of aliphatic hydroxyl groups is 1. The van der Waals surface area contributed by atoms with Crippen LogP contribution < -0.4 is 9.64 Å². The van der Waals surface area contributed by atoms with Crippen molar-refractivity contribution in [1.29, 1.82) is 5.26 Å². The van der Waals surface area contributed by atoms with Crippen molar-refractivity contribution in [2.75, 3.05) is 4.90 Å². The number of ketones is 1. The lowest BCUT2D eigenvalue weighted by molar-refractivity contribution is -0.132. The molecule has 3 aromatic carbocycles. The average Bonchev–Trinajstić information content (AvgIpc) is 3.10. The maximum absolute atomic E-state index is 13.2. The number of Topliss-reactive ketones (excluding diaryl/α,β-unsaturated/α-hetero) is 1. The molecule has 4 rings (SSSR count).